The van der Waals surface area contributed by atoms with Crippen molar-refractivity contribution >= 4 is 23.9 Å². The van der Waals surface area contributed by atoms with Gasteiger partial charge in [-0.15, -0.1) is 0 Å². The maximum absolute atomic E-state index is 13.1. The monoisotopic (exact) mass is 708 g/mol. The number of aryl methyl sites for hydroxylation is 2. The molecule has 2 aliphatic rings. The van der Waals surface area contributed by atoms with Crippen LogP contribution in [-0.4, -0.2) is 84.7 Å². The van der Waals surface area contributed by atoms with Crippen molar-refractivity contribution in [1.82, 2.24) is 0 Å². The van der Waals surface area contributed by atoms with Crippen molar-refractivity contribution < 1.29 is 58.9 Å². The molecule has 2 bridgehead atoms. The van der Waals surface area contributed by atoms with Crippen molar-refractivity contribution in [1.29, 1.82) is 0 Å². The van der Waals surface area contributed by atoms with Crippen LogP contribution >= 0.6 is 0 Å². The number of esters is 1. The molecule has 4 rings (SSSR count). The minimum Gasteiger partial charge on any atom is -0.479 e. The van der Waals surface area contributed by atoms with Gasteiger partial charge in [0.05, 0.1) is 0 Å². The molecule has 276 valence electrons. The highest BCUT2D eigenvalue weighted by Gasteiger charge is 2.85. The van der Waals surface area contributed by atoms with Crippen molar-refractivity contribution in [3.8, 4) is 0 Å². The van der Waals surface area contributed by atoms with Crippen LogP contribution in [0.15, 0.2) is 85.0 Å². The molecule has 0 aromatic heterocycles. The van der Waals surface area contributed by atoms with E-state index in [1.165, 1.54) is 17.2 Å². The highest BCUT2D eigenvalue weighted by molar-refractivity contribution is 5.98. The second-order valence-electron chi connectivity index (χ2n) is 13.5. The van der Waals surface area contributed by atoms with E-state index in [1.54, 1.807) is 12.2 Å². The first kappa shape index (κ1) is 39.4. The van der Waals surface area contributed by atoms with Crippen LogP contribution in [0.5, 0.6) is 0 Å². The Hall–Kier alpha value is -4.36. The molecule has 2 fully saturated rings. The molecule has 0 saturated carbocycles. The standard InChI is InChI=1S/C39H48O12/c1-26(15-11-22-28-18-5-3-6-19-28)14-9-10-24-30(40)49-32-31(41)37(25-13-17-27(2)16-12-23-29-20-7-4-8-21-29)50-33(34(42)43)38(48,35(44)45)39(32,51-37)36(46)47/h3-9,13-14,17-21,26-27,31-33,41,48H,10-12,15-16,22-25H2,1-2H3,(H,42,43)(H,44,45)(H,46,47)/b14-9+,17-13+/t26?,27?,31-,32-,33-,37+,38-,39+/m1/s1. The first-order chi connectivity index (χ1) is 24.3. The molecule has 12 heteroatoms. The van der Waals surface area contributed by atoms with Crippen molar-refractivity contribution in [2.75, 3.05) is 0 Å². The number of allylic oxidation sites excluding steroid dienone is 3. The van der Waals surface area contributed by atoms with Crippen LogP contribution in [0.2, 0.25) is 0 Å². The number of carboxylic acid groups (broad SMARTS) is 3. The van der Waals surface area contributed by atoms with Gasteiger partial charge >= 0.3 is 23.9 Å². The van der Waals surface area contributed by atoms with Gasteiger partial charge in [0.2, 0.25) is 23.1 Å². The summed E-state index contributed by atoms with van der Waals surface area (Å²) in [5.74, 6) is -9.77. The van der Waals surface area contributed by atoms with Gasteiger partial charge in [-0.05, 0) is 67.9 Å². The fraction of sp³-hybridized carbons (Fsp3) is 0.487. The fourth-order valence-corrected chi connectivity index (χ4v) is 6.83. The SMILES string of the molecule is CC(/C=C/CCC(=O)O[C@@H]1[C@@H](O)[C@@]2(C/C=C/C(C)CCCc3ccccc3)O[C@H](C(=O)O)[C@@](O)(C(=O)O)[C@]1(C(=O)O)O2)CCCc1ccccc1. The molecule has 2 aromatic carbocycles. The van der Waals surface area contributed by atoms with E-state index in [-0.39, 0.29) is 24.7 Å². The van der Waals surface area contributed by atoms with Crippen molar-refractivity contribution in [3.05, 3.63) is 96.1 Å². The number of benzene rings is 2. The van der Waals surface area contributed by atoms with E-state index in [0.29, 0.717) is 0 Å². The summed E-state index contributed by atoms with van der Waals surface area (Å²) >= 11 is 0. The molecular formula is C39H48O12. The van der Waals surface area contributed by atoms with Crippen LogP contribution in [0.25, 0.3) is 0 Å². The normalized spacial score (nSPS) is 28.4. The van der Waals surface area contributed by atoms with Crippen LogP contribution in [0.3, 0.4) is 0 Å². The van der Waals surface area contributed by atoms with E-state index in [2.05, 4.69) is 12.1 Å². The summed E-state index contributed by atoms with van der Waals surface area (Å²) < 4.78 is 16.5. The lowest BCUT2D eigenvalue weighted by Crippen LogP contribution is -2.78. The topological polar surface area (TPSA) is 197 Å². The number of aliphatic carboxylic acids is 3. The molecular weight excluding hydrogens is 660 g/mol. The number of rotatable bonds is 19. The maximum atomic E-state index is 13.1. The number of ether oxygens (including phenoxy) is 3. The third-order valence-electron chi connectivity index (χ3n) is 9.64. The summed E-state index contributed by atoms with van der Waals surface area (Å²) in [6.45, 7) is 3.97. The second-order valence-corrected chi connectivity index (χ2v) is 13.5. The highest BCUT2D eigenvalue weighted by Crippen LogP contribution is 2.55. The van der Waals surface area contributed by atoms with E-state index in [0.717, 1.165) is 38.5 Å². The van der Waals surface area contributed by atoms with Gasteiger partial charge in [0.15, 0.2) is 6.10 Å². The van der Waals surface area contributed by atoms with Gasteiger partial charge in [-0.1, -0.05) is 98.8 Å². The maximum Gasteiger partial charge on any atom is 0.344 e. The van der Waals surface area contributed by atoms with Gasteiger partial charge in [0.25, 0.3) is 0 Å². The Labute approximate surface area is 297 Å². The summed E-state index contributed by atoms with van der Waals surface area (Å²) in [5.41, 5.74) is -4.81. The Morgan fingerprint density at radius 1 is 0.824 bits per heavy atom. The first-order valence-corrected chi connectivity index (χ1v) is 17.4. The van der Waals surface area contributed by atoms with E-state index >= 15 is 0 Å². The number of aliphatic hydroxyl groups is 2. The van der Waals surface area contributed by atoms with E-state index in [9.17, 15) is 44.7 Å². The predicted molar refractivity (Wildman–Crippen MR) is 184 cm³/mol. The van der Waals surface area contributed by atoms with Gasteiger partial charge in [-0.25, -0.2) is 14.4 Å². The van der Waals surface area contributed by atoms with Gasteiger partial charge < -0.3 is 39.7 Å². The molecule has 0 radical (unpaired) electrons. The number of hydrogen-bond acceptors (Lipinski definition) is 9. The van der Waals surface area contributed by atoms with Crippen molar-refractivity contribution in [2.45, 2.75) is 107 Å². The lowest BCUT2D eigenvalue weighted by atomic mass is 9.74. The molecule has 0 spiro atoms. The molecule has 12 nitrogen and oxygen atoms in total. The molecule has 5 N–H and O–H groups in total. The molecule has 2 aromatic rings. The lowest BCUT2D eigenvalue weighted by Gasteiger charge is -2.48. The molecule has 8 atom stereocenters. The molecule has 51 heavy (non-hydrogen) atoms. The number of carboxylic acids is 3. The number of fused-ring (bicyclic) bond motifs is 2. The minimum atomic E-state index is -3.81. The summed E-state index contributed by atoms with van der Waals surface area (Å²) in [6, 6.07) is 20.0. The van der Waals surface area contributed by atoms with E-state index < -0.39 is 65.6 Å². The Morgan fingerprint density at radius 3 is 1.84 bits per heavy atom. The lowest BCUT2D eigenvalue weighted by molar-refractivity contribution is -0.371. The fourth-order valence-electron chi connectivity index (χ4n) is 6.83. The molecule has 0 amide bonds. The van der Waals surface area contributed by atoms with Gasteiger partial charge in [-0.3, -0.25) is 4.79 Å². The van der Waals surface area contributed by atoms with Gasteiger partial charge in [0.1, 0.15) is 6.10 Å². The molecule has 2 unspecified atom stereocenters. The van der Waals surface area contributed by atoms with E-state index in [4.69, 9.17) is 14.2 Å². The second kappa shape index (κ2) is 17.2. The number of carbonyl (C=O) groups excluding carboxylic acids is 1. The summed E-state index contributed by atoms with van der Waals surface area (Å²) in [5, 5.41) is 53.3. The largest absolute Gasteiger partial charge is 0.479 e. The highest BCUT2D eigenvalue weighted by atomic mass is 16.8. The molecule has 2 aliphatic heterocycles. The average Bonchev–Trinajstić information content (AvgIpc) is 3.31. The van der Waals surface area contributed by atoms with Crippen LogP contribution < -0.4 is 0 Å². The zero-order valence-electron chi connectivity index (χ0n) is 28.9. The quantitative estimate of drug-likeness (QED) is 0.0997. The smallest absolute Gasteiger partial charge is 0.344 e. The predicted octanol–water partition coefficient (Wildman–Crippen LogP) is 4.71. The number of aliphatic hydroxyl groups excluding tert-OH is 1. The summed E-state index contributed by atoms with van der Waals surface area (Å²) in [7, 11) is 0. The third kappa shape index (κ3) is 8.75. The number of carbonyl (C=O) groups is 4. The van der Waals surface area contributed by atoms with Crippen LogP contribution in [0.1, 0.15) is 69.9 Å². The Kier molecular flexibility index (Phi) is 13.3. The number of hydrogen-bond donors (Lipinski definition) is 5. The summed E-state index contributed by atoms with van der Waals surface area (Å²) in [6.07, 6.45) is 4.45. The Balaban J connectivity index is 1.46. The zero-order valence-corrected chi connectivity index (χ0v) is 28.9. The van der Waals surface area contributed by atoms with Crippen LogP contribution in [-0.2, 0) is 46.2 Å². The first-order valence-electron chi connectivity index (χ1n) is 17.4. The molecule has 0 aliphatic carbocycles. The van der Waals surface area contributed by atoms with Crippen LogP contribution in [0.4, 0.5) is 0 Å². The van der Waals surface area contributed by atoms with Crippen molar-refractivity contribution in [2.24, 2.45) is 11.8 Å². The van der Waals surface area contributed by atoms with E-state index in [1.807, 2.05) is 68.5 Å². The van der Waals surface area contributed by atoms with Crippen molar-refractivity contribution in [3.63, 3.8) is 0 Å². The zero-order chi connectivity index (χ0) is 37.2. The Bertz CT molecular complexity index is 1560. The summed E-state index contributed by atoms with van der Waals surface area (Å²) in [4.78, 5) is 50.8. The minimum absolute atomic E-state index is 0.00374. The average molecular weight is 709 g/mol. The van der Waals surface area contributed by atoms with Crippen LogP contribution in [0, 0.1) is 11.8 Å². The van der Waals surface area contributed by atoms with Gasteiger partial charge in [-0.2, -0.15) is 0 Å². The van der Waals surface area contributed by atoms with Gasteiger partial charge in [0, 0.05) is 12.8 Å². The molecule has 2 heterocycles. The third-order valence-corrected chi connectivity index (χ3v) is 9.64. The Morgan fingerprint density at radius 2 is 1.35 bits per heavy atom. The molecule has 2 saturated heterocycles.